The Labute approximate surface area is 387 Å². The van der Waals surface area contributed by atoms with Gasteiger partial charge in [0.1, 0.15) is 6.07 Å². The van der Waals surface area contributed by atoms with Crippen molar-refractivity contribution in [1.29, 1.82) is 5.26 Å². The van der Waals surface area contributed by atoms with Gasteiger partial charge in [-0.2, -0.15) is 5.26 Å². The third kappa shape index (κ3) is 6.64. The molecule has 3 nitrogen and oxygen atoms in total. The Bertz CT molecular complexity index is 3510. The van der Waals surface area contributed by atoms with Crippen LogP contribution in [0.25, 0.3) is 99.5 Å². The molecule has 2 aromatic heterocycles. The van der Waals surface area contributed by atoms with Gasteiger partial charge in [-0.25, -0.2) is 0 Å². The van der Waals surface area contributed by atoms with Crippen molar-refractivity contribution < 1.29 is 0 Å². The number of aromatic nitrogens is 2. The van der Waals surface area contributed by atoms with Crippen molar-refractivity contribution in [2.45, 2.75) is 52.4 Å². The van der Waals surface area contributed by atoms with Crippen LogP contribution in [-0.4, -0.2) is 9.13 Å². The minimum absolute atomic E-state index is 0.00832. The Morgan fingerprint density at radius 2 is 0.712 bits per heavy atom. The molecule has 2 heterocycles. The fourth-order valence-electron chi connectivity index (χ4n) is 10.2. The Balaban J connectivity index is 1.30. The van der Waals surface area contributed by atoms with Crippen molar-refractivity contribution in [2.75, 3.05) is 0 Å². The van der Waals surface area contributed by atoms with E-state index in [-0.39, 0.29) is 10.8 Å². The zero-order valence-corrected chi connectivity index (χ0v) is 38.4. The van der Waals surface area contributed by atoms with Crippen LogP contribution >= 0.6 is 0 Å². The van der Waals surface area contributed by atoms with E-state index in [1.165, 1.54) is 32.9 Å². The highest BCUT2D eigenvalue weighted by molar-refractivity contribution is 6.15. The normalized spacial score (nSPS) is 12.1. The SMILES string of the molecule is CC(C)(C)c1ccc2c(c1)c1cc(C(C)(C)C)ccc1n2-c1ccc2c(c1)c1ccccc1n2-c1c(-c2ccccc2)c(-c2ccccc2)c(C#N)c(-c2ccccc2)c1-c1ccccc1. The number of nitrogens with zero attached hydrogens (tertiary/aromatic N) is 3. The molecule has 0 amide bonds. The summed E-state index contributed by atoms with van der Waals surface area (Å²) in [6, 6.07) is 75.0. The van der Waals surface area contributed by atoms with E-state index in [2.05, 4.69) is 245 Å². The van der Waals surface area contributed by atoms with E-state index in [4.69, 9.17) is 0 Å². The molecule has 9 aromatic carbocycles. The lowest BCUT2D eigenvalue weighted by Crippen LogP contribution is -2.10. The first-order valence-electron chi connectivity index (χ1n) is 23.0. The smallest absolute Gasteiger partial charge is 0.100 e. The number of para-hydroxylation sites is 1. The maximum atomic E-state index is 11.6. The van der Waals surface area contributed by atoms with Gasteiger partial charge in [-0.3, -0.25) is 0 Å². The van der Waals surface area contributed by atoms with Gasteiger partial charge in [0.05, 0.1) is 33.3 Å². The van der Waals surface area contributed by atoms with Gasteiger partial charge >= 0.3 is 0 Å². The van der Waals surface area contributed by atoms with Gasteiger partial charge in [0, 0.05) is 49.5 Å². The van der Waals surface area contributed by atoms with Gasteiger partial charge in [-0.05, 0) is 92.7 Å². The highest BCUT2D eigenvalue weighted by Crippen LogP contribution is 2.52. The molecule has 0 spiro atoms. The number of rotatable bonds is 6. The summed E-state index contributed by atoms with van der Waals surface area (Å²) in [6.45, 7) is 13.8. The van der Waals surface area contributed by atoms with Crippen molar-refractivity contribution >= 4 is 43.6 Å². The standard InChI is InChI=1S/C63H51N3/c1-62(2,3)45-31-34-54-49(37-45)50-38-46(63(4,5)6)32-35-55(50)65(54)47-33-36-56-51(39-47)48-29-19-20-30-53(48)66(56)61-59(43-25-15-9-16-26-43)57(41-21-11-7-12-22-41)52(40-64)58(42-23-13-8-14-24-42)60(61)44-27-17-10-18-28-44/h7-39H,1-6H3. The van der Waals surface area contributed by atoms with Crippen LogP contribution < -0.4 is 0 Å². The molecular weight excluding hydrogens is 799 g/mol. The third-order valence-electron chi connectivity index (χ3n) is 13.5. The van der Waals surface area contributed by atoms with Gasteiger partial charge in [0.2, 0.25) is 0 Å². The van der Waals surface area contributed by atoms with Crippen molar-refractivity contribution in [2.24, 2.45) is 0 Å². The minimum atomic E-state index is 0.00832. The zero-order valence-electron chi connectivity index (χ0n) is 38.4. The Morgan fingerprint density at radius 1 is 0.348 bits per heavy atom. The van der Waals surface area contributed by atoms with E-state index in [0.717, 1.165) is 77.7 Å². The lowest BCUT2D eigenvalue weighted by atomic mass is 9.79. The number of fused-ring (bicyclic) bond motifs is 6. The molecule has 0 fully saturated rings. The largest absolute Gasteiger partial charge is 0.309 e. The third-order valence-corrected chi connectivity index (χ3v) is 13.5. The maximum absolute atomic E-state index is 11.6. The molecule has 66 heavy (non-hydrogen) atoms. The Kier molecular flexibility index (Phi) is 9.68. The van der Waals surface area contributed by atoms with Gasteiger partial charge in [0.15, 0.2) is 0 Å². The van der Waals surface area contributed by atoms with Gasteiger partial charge in [0.25, 0.3) is 0 Å². The average Bonchev–Trinajstić information content (AvgIpc) is 3.85. The van der Waals surface area contributed by atoms with Crippen molar-refractivity contribution in [3.05, 3.63) is 217 Å². The second-order valence-electron chi connectivity index (χ2n) is 19.7. The van der Waals surface area contributed by atoms with Crippen LogP contribution in [0.1, 0.15) is 58.2 Å². The summed E-state index contributed by atoms with van der Waals surface area (Å²) in [4.78, 5) is 0. The molecule has 0 radical (unpaired) electrons. The molecule has 318 valence electrons. The topological polar surface area (TPSA) is 33.6 Å². The first kappa shape index (κ1) is 40.8. The molecule has 0 aliphatic carbocycles. The quantitative estimate of drug-likeness (QED) is 0.164. The fourth-order valence-corrected chi connectivity index (χ4v) is 10.2. The first-order valence-corrected chi connectivity index (χ1v) is 23.0. The van der Waals surface area contributed by atoms with Crippen LogP contribution in [0.5, 0.6) is 0 Å². The molecule has 11 aromatic rings. The summed E-state index contributed by atoms with van der Waals surface area (Å²) >= 11 is 0. The monoisotopic (exact) mass is 849 g/mol. The van der Waals surface area contributed by atoms with Crippen LogP contribution in [0.15, 0.2) is 200 Å². The molecule has 0 aliphatic rings. The molecule has 0 N–H and O–H groups in total. The van der Waals surface area contributed by atoms with Crippen LogP contribution in [0, 0.1) is 11.3 Å². The second-order valence-corrected chi connectivity index (χ2v) is 19.7. The van der Waals surface area contributed by atoms with E-state index in [9.17, 15) is 5.26 Å². The predicted octanol–water partition coefficient (Wildman–Crippen LogP) is 17.0. The lowest BCUT2D eigenvalue weighted by molar-refractivity contribution is 0.590. The summed E-state index contributed by atoms with van der Waals surface area (Å²) in [6.07, 6.45) is 0. The van der Waals surface area contributed by atoms with Crippen LogP contribution in [0.4, 0.5) is 0 Å². The Hall–Kier alpha value is -7.93. The van der Waals surface area contributed by atoms with Gasteiger partial charge in [-0.1, -0.05) is 193 Å². The lowest BCUT2D eigenvalue weighted by Gasteiger charge is -2.27. The number of nitriles is 1. The van der Waals surface area contributed by atoms with E-state index in [1.54, 1.807) is 0 Å². The second kappa shape index (κ2) is 15.7. The van der Waals surface area contributed by atoms with Gasteiger partial charge < -0.3 is 9.13 Å². The number of benzene rings is 9. The molecule has 0 bridgehead atoms. The molecule has 0 atom stereocenters. The number of hydrogen-bond acceptors (Lipinski definition) is 1. The van der Waals surface area contributed by atoms with E-state index in [1.807, 2.05) is 12.1 Å². The molecule has 0 saturated heterocycles. The van der Waals surface area contributed by atoms with Crippen LogP contribution in [-0.2, 0) is 10.8 Å². The number of hydrogen-bond donors (Lipinski definition) is 0. The van der Waals surface area contributed by atoms with E-state index >= 15 is 0 Å². The maximum Gasteiger partial charge on any atom is 0.100 e. The van der Waals surface area contributed by atoms with Crippen LogP contribution in [0.2, 0.25) is 0 Å². The van der Waals surface area contributed by atoms with Crippen molar-refractivity contribution in [3.63, 3.8) is 0 Å². The summed E-state index contributed by atoms with van der Waals surface area (Å²) in [5.41, 5.74) is 17.9. The summed E-state index contributed by atoms with van der Waals surface area (Å²) in [5, 5.41) is 16.4. The first-order chi connectivity index (χ1) is 32.0. The van der Waals surface area contributed by atoms with Crippen LogP contribution in [0.3, 0.4) is 0 Å². The molecule has 0 unspecified atom stereocenters. The summed E-state index contributed by atoms with van der Waals surface area (Å²) < 4.78 is 4.94. The minimum Gasteiger partial charge on any atom is -0.309 e. The highest BCUT2D eigenvalue weighted by Gasteiger charge is 2.31. The molecule has 11 rings (SSSR count). The molecule has 3 heteroatoms. The molecule has 0 saturated carbocycles. The summed E-state index contributed by atoms with van der Waals surface area (Å²) in [5.74, 6) is 0. The van der Waals surface area contributed by atoms with Crippen molar-refractivity contribution in [3.8, 4) is 62.0 Å². The average molecular weight is 850 g/mol. The zero-order chi connectivity index (χ0) is 45.3. The molecular formula is C63H51N3. The van der Waals surface area contributed by atoms with E-state index in [0.29, 0.717) is 5.56 Å². The van der Waals surface area contributed by atoms with E-state index < -0.39 is 0 Å². The molecule has 0 aliphatic heterocycles. The highest BCUT2D eigenvalue weighted by atomic mass is 15.0. The predicted molar refractivity (Wildman–Crippen MR) is 279 cm³/mol. The van der Waals surface area contributed by atoms with Crippen molar-refractivity contribution in [1.82, 2.24) is 9.13 Å². The summed E-state index contributed by atoms with van der Waals surface area (Å²) in [7, 11) is 0. The Morgan fingerprint density at radius 3 is 1.15 bits per heavy atom. The fraction of sp³-hybridized carbons (Fsp3) is 0.127. The van der Waals surface area contributed by atoms with Gasteiger partial charge in [-0.15, -0.1) is 0 Å².